The summed E-state index contributed by atoms with van der Waals surface area (Å²) in [6.07, 6.45) is 2.17. The molecule has 0 radical (unpaired) electrons. The summed E-state index contributed by atoms with van der Waals surface area (Å²) >= 11 is 0. The molecule has 0 aromatic heterocycles. The first-order valence-corrected chi connectivity index (χ1v) is 8.04. The summed E-state index contributed by atoms with van der Waals surface area (Å²) in [7, 11) is 1.64. The van der Waals surface area contributed by atoms with Crippen molar-refractivity contribution in [2.75, 3.05) is 32.2 Å². The lowest BCUT2D eigenvalue weighted by Crippen LogP contribution is -2.42. The van der Waals surface area contributed by atoms with Gasteiger partial charge in [0.25, 0.3) is 0 Å². The quantitative estimate of drug-likeness (QED) is 0.722. The Labute approximate surface area is 137 Å². The lowest BCUT2D eigenvalue weighted by Gasteiger charge is -2.20. The summed E-state index contributed by atoms with van der Waals surface area (Å²) in [6.45, 7) is 4.36. The number of ether oxygens (including phenoxy) is 3. The Hall–Kier alpha value is -1.63. The number of anilines is 1. The Morgan fingerprint density at radius 1 is 1.43 bits per heavy atom. The third kappa shape index (κ3) is 6.17. The van der Waals surface area contributed by atoms with Crippen molar-refractivity contribution in [3.63, 3.8) is 0 Å². The predicted molar refractivity (Wildman–Crippen MR) is 88.6 cm³/mol. The highest BCUT2D eigenvalue weighted by Crippen LogP contribution is 2.16. The summed E-state index contributed by atoms with van der Waals surface area (Å²) < 4.78 is 16.0. The summed E-state index contributed by atoms with van der Waals surface area (Å²) in [6, 6.07) is 7.40. The van der Waals surface area contributed by atoms with Crippen molar-refractivity contribution in [1.82, 2.24) is 5.32 Å². The second-order valence-electron chi connectivity index (χ2n) is 5.68. The molecule has 2 N–H and O–H groups in total. The van der Waals surface area contributed by atoms with E-state index in [1.165, 1.54) is 0 Å². The summed E-state index contributed by atoms with van der Waals surface area (Å²) in [4.78, 5) is 12.1. The molecule has 2 rings (SSSR count). The van der Waals surface area contributed by atoms with Crippen molar-refractivity contribution >= 4 is 11.7 Å². The van der Waals surface area contributed by atoms with Gasteiger partial charge in [-0.1, -0.05) is 12.1 Å². The number of urea groups is 1. The molecule has 0 saturated carbocycles. The van der Waals surface area contributed by atoms with Crippen molar-refractivity contribution < 1.29 is 19.0 Å². The first kappa shape index (κ1) is 17.7. The minimum atomic E-state index is -0.217. The fraction of sp³-hybridized carbons (Fsp3) is 0.588. The number of carbonyl (C=O) groups excluding carboxylic acids is 1. The minimum Gasteiger partial charge on any atom is -0.382 e. The molecule has 1 aliphatic rings. The van der Waals surface area contributed by atoms with Gasteiger partial charge in [-0.25, -0.2) is 4.79 Å². The van der Waals surface area contributed by atoms with Crippen LogP contribution in [0, 0.1) is 0 Å². The lowest BCUT2D eigenvalue weighted by molar-refractivity contribution is 0.0617. The van der Waals surface area contributed by atoms with E-state index in [1.807, 2.05) is 31.2 Å². The maximum absolute atomic E-state index is 12.1. The average molecular weight is 322 g/mol. The highest BCUT2D eigenvalue weighted by molar-refractivity contribution is 5.89. The Kier molecular flexibility index (Phi) is 7.32. The van der Waals surface area contributed by atoms with Gasteiger partial charge in [0.05, 0.1) is 32.0 Å². The van der Waals surface area contributed by atoms with E-state index in [0.29, 0.717) is 19.8 Å². The molecule has 1 saturated heterocycles. The molecule has 0 aliphatic carbocycles. The third-order valence-corrected chi connectivity index (χ3v) is 3.77. The number of benzene rings is 1. The lowest BCUT2D eigenvalue weighted by atomic mass is 10.1. The zero-order chi connectivity index (χ0) is 16.5. The smallest absolute Gasteiger partial charge is 0.319 e. The number of rotatable bonds is 8. The molecule has 23 heavy (non-hydrogen) atoms. The van der Waals surface area contributed by atoms with Crippen LogP contribution in [0.25, 0.3) is 0 Å². The molecule has 1 fully saturated rings. The Morgan fingerprint density at radius 3 is 3.04 bits per heavy atom. The highest BCUT2D eigenvalue weighted by atomic mass is 16.5. The second kappa shape index (κ2) is 9.50. The molecule has 0 spiro atoms. The third-order valence-electron chi connectivity index (χ3n) is 3.77. The Bertz CT molecular complexity index is 489. The van der Waals surface area contributed by atoms with E-state index in [4.69, 9.17) is 14.2 Å². The fourth-order valence-electron chi connectivity index (χ4n) is 2.53. The Balaban J connectivity index is 1.78. The van der Waals surface area contributed by atoms with Crippen LogP contribution in [0.4, 0.5) is 10.5 Å². The highest BCUT2D eigenvalue weighted by Gasteiger charge is 2.23. The van der Waals surface area contributed by atoms with E-state index < -0.39 is 0 Å². The van der Waals surface area contributed by atoms with Crippen molar-refractivity contribution in [2.24, 2.45) is 0 Å². The van der Waals surface area contributed by atoms with Gasteiger partial charge in [-0.15, -0.1) is 0 Å². The van der Waals surface area contributed by atoms with Gasteiger partial charge in [0, 0.05) is 19.4 Å². The van der Waals surface area contributed by atoms with E-state index in [9.17, 15) is 4.79 Å². The van der Waals surface area contributed by atoms with Gasteiger partial charge in [0.2, 0.25) is 0 Å². The topological polar surface area (TPSA) is 68.8 Å². The molecule has 1 heterocycles. The second-order valence-corrected chi connectivity index (χ2v) is 5.68. The molecular weight excluding hydrogens is 296 g/mol. The van der Waals surface area contributed by atoms with Gasteiger partial charge in [0.15, 0.2) is 0 Å². The van der Waals surface area contributed by atoms with Crippen molar-refractivity contribution in [1.29, 1.82) is 0 Å². The van der Waals surface area contributed by atoms with Gasteiger partial charge < -0.3 is 24.8 Å². The van der Waals surface area contributed by atoms with E-state index in [0.717, 1.165) is 30.7 Å². The van der Waals surface area contributed by atoms with Gasteiger partial charge in [-0.3, -0.25) is 0 Å². The predicted octanol–water partition coefficient (Wildman–Crippen LogP) is 2.54. The number of hydrogen-bond acceptors (Lipinski definition) is 4. The fourth-order valence-corrected chi connectivity index (χ4v) is 2.53. The average Bonchev–Trinajstić information content (AvgIpc) is 3.06. The van der Waals surface area contributed by atoms with Crippen molar-refractivity contribution in [2.45, 2.75) is 38.5 Å². The van der Waals surface area contributed by atoms with Crippen LogP contribution in [-0.4, -0.2) is 45.1 Å². The SMILES string of the molecule is COCCOCc1cccc(NC(=O)NC(C)C2CCCO2)c1. The van der Waals surface area contributed by atoms with Crippen molar-refractivity contribution in [3.05, 3.63) is 29.8 Å². The maximum atomic E-state index is 12.1. The summed E-state index contributed by atoms with van der Waals surface area (Å²) in [5.74, 6) is 0. The minimum absolute atomic E-state index is 0.00180. The van der Waals surface area contributed by atoms with Crippen LogP contribution in [0.5, 0.6) is 0 Å². The standard InChI is InChI=1S/C17H26N2O4/c1-13(16-7-4-8-23-16)18-17(20)19-15-6-3-5-14(11-15)12-22-10-9-21-2/h3,5-6,11,13,16H,4,7-10,12H2,1-2H3,(H2,18,19,20). The van der Waals surface area contributed by atoms with Crippen LogP contribution in [0.1, 0.15) is 25.3 Å². The largest absolute Gasteiger partial charge is 0.382 e. The van der Waals surface area contributed by atoms with Crippen LogP contribution in [-0.2, 0) is 20.8 Å². The number of carbonyl (C=O) groups is 1. The summed E-state index contributed by atoms with van der Waals surface area (Å²) in [5.41, 5.74) is 1.75. The van der Waals surface area contributed by atoms with Gasteiger partial charge in [-0.05, 0) is 37.5 Å². The van der Waals surface area contributed by atoms with Crippen LogP contribution >= 0.6 is 0 Å². The van der Waals surface area contributed by atoms with E-state index >= 15 is 0 Å². The number of hydrogen-bond donors (Lipinski definition) is 2. The maximum Gasteiger partial charge on any atom is 0.319 e. The molecule has 2 atom stereocenters. The molecule has 0 bridgehead atoms. The molecule has 1 aromatic rings. The zero-order valence-corrected chi connectivity index (χ0v) is 13.8. The molecule has 2 unspecified atom stereocenters. The number of amides is 2. The van der Waals surface area contributed by atoms with Gasteiger partial charge in [0.1, 0.15) is 0 Å². The number of methoxy groups -OCH3 is 1. The van der Waals surface area contributed by atoms with Crippen LogP contribution < -0.4 is 10.6 Å². The van der Waals surface area contributed by atoms with Crippen LogP contribution in [0.2, 0.25) is 0 Å². The normalized spacial score (nSPS) is 18.6. The molecule has 128 valence electrons. The van der Waals surface area contributed by atoms with Gasteiger partial charge >= 0.3 is 6.03 Å². The number of nitrogens with one attached hydrogen (secondary N) is 2. The van der Waals surface area contributed by atoms with Crippen molar-refractivity contribution in [3.8, 4) is 0 Å². The van der Waals surface area contributed by atoms with E-state index in [-0.39, 0.29) is 18.2 Å². The van der Waals surface area contributed by atoms with Gasteiger partial charge in [-0.2, -0.15) is 0 Å². The molecule has 1 aliphatic heterocycles. The molecular formula is C17H26N2O4. The molecule has 6 nitrogen and oxygen atoms in total. The first-order valence-electron chi connectivity index (χ1n) is 8.04. The van der Waals surface area contributed by atoms with E-state index in [1.54, 1.807) is 7.11 Å². The summed E-state index contributed by atoms with van der Waals surface area (Å²) in [5, 5.41) is 5.78. The molecule has 2 amide bonds. The molecule has 1 aromatic carbocycles. The van der Waals surface area contributed by atoms with Crippen LogP contribution in [0.15, 0.2) is 24.3 Å². The van der Waals surface area contributed by atoms with E-state index in [2.05, 4.69) is 10.6 Å². The molecule has 6 heteroatoms. The Morgan fingerprint density at radius 2 is 2.30 bits per heavy atom. The monoisotopic (exact) mass is 322 g/mol. The zero-order valence-electron chi connectivity index (χ0n) is 13.8. The first-order chi connectivity index (χ1) is 11.2. The van der Waals surface area contributed by atoms with Crippen LogP contribution in [0.3, 0.4) is 0 Å².